The molecule has 20 heavy (non-hydrogen) atoms. The van der Waals surface area contributed by atoms with Crippen LogP contribution in [0.25, 0.3) is 10.2 Å². The molecule has 1 heterocycles. The number of thiazole rings is 1. The fraction of sp³-hybridized carbons (Fsp3) is 0.188. The number of rotatable bonds is 3. The summed E-state index contributed by atoms with van der Waals surface area (Å²) in [5, 5.41) is 4.30. The van der Waals surface area contributed by atoms with Crippen LogP contribution in [0.5, 0.6) is 5.75 Å². The van der Waals surface area contributed by atoms with Gasteiger partial charge in [0.2, 0.25) is 0 Å². The van der Waals surface area contributed by atoms with Gasteiger partial charge in [-0.05, 0) is 43.7 Å². The summed E-state index contributed by atoms with van der Waals surface area (Å²) in [5.74, 6) is 0.860. The number of aryl methyl sites for hydroxylation is 2. The maximum absolute atomic E-state index is 5.24. The van der Waals surface area contributed by atoms with E-state index in [1.165, 1.54) is 11.1 Å². The van der Waals surface area contributed by atoms with Gasteiger partial charge >= 0.3 is 0 Å². The number of hydrogen-bond acceptors (Lipinski definition) is 4. The Kier molecular flexibility index (Phi) is 3.32. The van der Waals surface area contributed by atoms with Crippen LogP contribution in [0.2, 0.25) is 0 Å². The molecule has 0 fully saturated rings. The summed E-state index contributed by atoms with van der Waals surface area (Å²) in [6.07, 6.45) is 0. The molecule has 3 nitrogen and oxygen atoms in total. The zero-order valence-corrected chi connectivity index (χ0v) is 12.5. The van der Waals surface area contributed by atoms with E-state index in [1.807, 2.05) is 18.2 Å². The zero-order chi connectivity index (χ0) is 14.1. The predicted molar refractivity (Wildman–Crippen MR) is 85.4 cm³/mol. The predicted octanol–water partition coefficient (Wildman–Crippen LogP) is 4.67. The highest BCUT2D eigenvalue weighted by molar-refractivity contribution is 7.22. The van der Waals surface area contributed by atoms with Crippen molar-refractivity contribution in [1.82, 2.24) is 4.98 Å². The third kappa shape index (κ3) is 2.47. The lowest BCUT2D eigenvalue weighted by atomic mass is 10.1. The summed E-state index contributed by atoms with van der Waals surface area (Å²) in [6.45, 7) is 4.20. The summed E-state index contributed by atoms with van der Waals surface area (Å²) in [4.78, 5) is 4.60. The molecule has 3 rings (SSSR count). The lowest BCUT2D eigenvalue weighted by Crippen LogP contribution is -1.92. The molecule has 0 unspecified atom stereocenters. The molecule has 0 radical (unpaired) electrons. The standard InChI is InChI=1S/C16H16N2OS/c1-10-4-6-13(11(2)8-10)17-16-18-14-7-5-12(19-3)9-15(14)20-16/h4-9H,1-3H3,(H,17,18). The van der Waals surface area contributed by atoms with E-state index in [4.69, 9.17) is 4.74 Å². The first-order valence-electron chi connectivity index (χ1n) is 6.44. The fourth-order valence-electron chi connectivity index (χ4n) is 2.15. The quantitative estimate of drug-likeness (QED) is 0.759. The van der Waals surface area contributed by atoms with Crippen molar-refractivity contribution in [2.45, 2.75) is 13.8 Å². The Hall–Kier alpha value is -2.07. The Morgan fingerprint density at radius 1 is 1.10 bits per heavy atom. The SMILES string of the molecule is COc1ccc2nc(Nc3ccc(C)cc3C)sc2c1. The Labute approximate surface area is 122 Å². The molecule has 0 spiro atoms. The molecule has 0 aliphatic heterocycles. The van der Waals surface area contributed by atoms with E-state index >= 15 is 0 Å². The van der Waals surface area contributed by atoms with Crippen molar-refractivity contribution in [3.63, 3.8) is 0 Å². The van der Waals surface area contributed by atoms with Crippen LogP contribution in [0.15, 0.2) is 36.4 Å². The van der Waals surface area contributed by atoms with Gasteiger partial charge in [-0.15, -0.1) is 0 Å². The lowest BCUT2D eigenvalue weighted by Gasteiger charge is -2.06. The van der Waals surface area contributed by atoms with Gasteiger partial charge in [0.25, 0.3) is 0 Å². The zero-order valence-electron chi connectivity index (χ0n) is 11.7. The highest BCUT2D eigenvalue weighted by atomic mass is 32.1. The van der Waals surface area contributed by atoms with Gasteiger partial charge in [-0.1, -0.05) is 29.0 Å². The number of nitrogens with zero attached hydrogens (tertiary/aromatic N) is 1. The number of nitrogens with one attached hydrogen (secondary N) is 1. The Morgan fingerprint density at radius 2 is 1.95 bits per heavy atom. The van der Waals surface area contributed by atoms with Crippen LogP contribution in [0.3, 0.4) is 0 Å². The van der Waals surface area contributed by atoms with Crippen LogP contribution in [0, 0.1) is 13.8 Å². The average Bonchev–Trinajstić information content (AvgIpc) is 2.83. The van der Waals surface area contributed by atoms with Gasteiger partial charge in [-0.2, -0.15) is 0 Å². The maximum Gasteiger partial charge on any atom is 0.188 e. The van der Waals surface area contributed by atoms with E-state index in [1.54, 1.807) is 18.4 Å². The largest absolute Gasteiger partial charge is 0.497 e. The van der Waals surface area contributed by atoms with Crippen molar-refractivity contribution in [2.24, 2.45) is 0 Å². The molecule has 0 aliphatic rings. The Balaban J connectivity index is 1.94. The second-order valence-corrected chi connectivity index (χ2v) is 5.83. The number of anilines is 2. The minimum absolute atomic E-state index is 0.860. The van der Waals surface area contributed by atoms with Crippen LogP contribution in [-0.4, -0.2) is 12.1 Å². The van der Waals surface area contributed by atoms with Crippen molar-refractivity contribution in [3.8, 4) is 5.75 Å². The molecular formula is C16H16N2OS. The minimum atomic E-state index is 0.860. The molecule has 1 N–H and O–H groups in total. The molecule has 0 amide bonds. The van der Waals surface area contributed by atoms with Gasteiger partial charge < -0.3 is 10.1 Å². The van der Waals surface area contributed by atoms with E-state index in [0.717, 1.165) is 26.8 Å². The monoisotopic (exact) mass is 284 g/mol. The molecule has 0 bridgehead atoms. The molecule has 0 aliphatic carbocycles. The summed E-state index contributed by atoms with van der Waals surface area (Å²) < 4.78 is 6.36. The topological polar surface area (TPSA) is 34.1 Å². The number of ether oxygens (including phenoxy) is 1. The highest BCUT2D eigenvalue weighted by Gasteiger charge is 2.06. The van der Waals surface area contributed by atoms with Gasteiger partial charge in [0.05, 0.1) is 17.3 Å². The molecule has 0 saturated carbocycles. The van der Waals surface area contributed by atoms with E-state index < -0.39 is 0 Å². The van der Waals surface area contributed by atoms with Crippen LogP contribution < -0.4 is 10.1 Å². The first kappa shape index (κ1) is 12.9. The van der Waals surface area contributed by atoms with E-state index in [0.29, 0.717) is 0 Å². The number of methoxy groups -OCH3 is 1. The molecule has 1 aromatic heterocycles. The minimum Gasteiger partial charge on any atom is -0.497 e. The second kappa shape index (κ2) is 5.13. The first-order valence-corrected chi connectivity index (χ1v) is 7.26. The number of benzene rings is 2. The third-order valence-electron chi connectivity index (χ3n) is 3.22. The molecule has 0 saturated heterocycles. The molecule has 0 atom stereocenters. The Bertz CT molecular complexity index is 764. The van der Waals surface area contributed by atoms with E-state index in [2.05, 4.69) is 42.3 Å². The van der Waals surface area contributed by atoms with Gasteiger partial charge in [0, 0.05) is 5.69 Å². The normalized spacial score (nSPS) is 10.8. The number of aromatic nitrogens is 1. The van der Waals surface area contributed by atoms with Gasteiger partial charge in [0.15, 0.2) is 5.13 Å². The van der Waals surface area contributed by atoms with Crippen LogP contribution in [-0.2, 0) is 0 Å². The number of fused-ring (bicyclic) bond motifs is 1. The van der Waals surface area contributed by atoms with Crippen molar-refractivity contribution < 1.29 is 4.74 Å². The van der Waals surface area contributed by atoms with Crippen molar-refractivity contribution in [3.05, 3.63) is 47.5 Å². The molecule has 4 heteroatoms. The van der Waals surface area contributed by atoms with Crippen molar-refractivity contribution in [1.29, 1.82) is 0 Å². The van der Waals surface area contributed by atoms with Crippen LogP contribution >= 0.6 is 11.3 Å². The number of hydrogen-bond donors (Lipinski definition) is 1. The van der Waals surface area contributed by atoms with Gasteiger partial charge in [-0.3, -0.25) is 0 Å². The van der Waals surface area contributed by atoms with Crippen molar-refractivity contribution >= 4 is 32.4 Å². The van der Waals surface area contributed by atoms with E-state index in [9.17, 15) is 0 Å². The van der Waals surface area contributed by atoms with Gasteiger partial charge in [0.1, 0.15) is 5.75 Å². The van der Waals surface area contributed by atoms with Gasteiger partial charge in [-0.25, -0.2) is 4.98 Å². The second-order valence-electron chi connectivity index (χ2n) is 4.80. The molecule has 2 aromatic carbocycles. The van der Waals surface area contributed by atoms with Crippen molar-refractivity contribution in [2.75, 3.05) is 12.4 Å². The summed E-state index contributed by atoms with van der Waals surface area (Å²) in [6, 6.07) is 12.3. The Morgan fingerprint density at radius 3 is 2.70 bits per heavy atom. The molecular weight excluding hydrogens is 268 g/mol. The summed E-state index contributed by atoms with van der Waals surface area (Å²) in [7, 11) is 1.68. The fourth-order valence-corrected chi connectivity index (χ4v) is 3.06. The molecule has 3 aromatic rings. The highest BCUT2D eigenvalue weighted by Crippen LogP contribution is 2.31. The van der Waals surface area contributed by atoms with E-state index in [-0.39, 0.29) is 0 Å². The summed E-state index contributed by atoms with van der Waals surface area (Å²) in [5.41, 5.74) is 4.58. The molecule has 102 valence electrons. The average molecular weight is 284 g/mol. The third-order valence-corrected chi connectivity index (χ3v) is 4.15. The lowest BCUT2D eigenvalue weighted by molar-refractivity contribution is 0.415. The van der Waals surface area contributed by atoms with Crippen LogP contribution in [0.1, 0.15) is 11.1 Å². The van der Waals surface area contributed by atoms with Crippen LogP contribution in [0.4, 0.5) is 10.8 Å². The maximum atomic E-state index is 5.24. The smallest absolute Gasteiger partial charge is 0.188 e. The summed E-state index contributed by atoms with van der Waals surface area (Å²) >= 11 is 1.63. The first-order chi connectivity index (χ1) is 9.65.